The molecule has 0 saturated carbocycles. The lowest BCUT2D eigenvalue weighted by Crippen LogP contribution is -2.53. The fraction of sp³-hybridized carbons (Fsp3) is 0.706. The highest BCUT2D eigenvalue weighted by atomic mass is 16.5. The standard InChI is InChI=1S/C17H26N4O3/c1-3-14-13(5-4-12-24-14)16(22)20-8-10-21(11-9-20)17-18-7-6-15(19-17)23-2/h6-7,13-14H,3-5,8-12H2,1-2H3/t13-,14+/m0/s1. The van der Waals surface area contributed by atoms with E-state index in [1.54, 1.807) is 19.4 Å². The molecule has 1 amide bonds. The molecule has 132 valence electrons. The fourth-order valence-corrected chi connectivity index (χ4v) is 3.48. The topological polar surface area (TPSA) is 67.8 Å². The predicted octanol–water partition coefficient (Wildman–Crippen LogP) is 1.34. The average Bonchev–Trinajstić information content (AvgIpc) is 2.67. The Labute approximate surface area is 143 Å². The zero-order valence-electron chi connectivity index (χ0n) is 14.5. The van der Waals surface area contributed by atoms with Crippen molar-refractivity contribution in [1.82, 2.24) is 14.9 Å². The van der Waals surface area contributed by atoms with Gasteiger partial charge >= 0.3 is 0 Å². The van der Waals surface area contributed by atoms with Crippen LogP contribution in [-0.2, 0) is 9.53 Å². The largest absolute Gasteiger partial charge is 0.481 e. The van der Waals surface area contributed by atoms with Crippen molar-refractivity contribution in [2.24, 2.45) is 5.92 Å². The molecule has 0 radical (unpaired) electrons. The minimum absolute atomic E-state index is 0.0170. The number of hydrogen-bond donors (Lipinski definition) is 0. The highest BCUT2D eigenvalue weighted by molar-refractivity contribution is 5.79. The van der Waals surface area contributed by atoms with Crippen molar-refractivity contribution in [3.63, 3.8) is 0 Å². The van der Waals surface area contributed by atoms with Gasteiger partial charge in [-0.3, -0.25) is 4.79 Å². The van der Waals surface area contributed by atoms with Crippen molar-refractivity contribution in [3.8, 4) is 5.88 Å². The van der Waals surface area contributed by atoms with Crippen molar-refractivity contribution < 1.29 is 14.3 Å². The lowest BCUT2D eigenvalue weighted by atomic mass is 9.91. The number of ether oxygens (including phenoxy) is 2. The maximum Gasteiger partial charge on any atom is 0.228 e. The summed E-state index contributed by atoms with van der Waals surface area (Å²) in [7, 11) is 1.60. The highest BCUT2D eigenvalue weighted by Gasteiger charge is 2.35. The van der Waals surface area contributed by atoms with Crippen LogP contribution in [0, 0.1) is 5.92 Å². The van der Waals surface area contributed by atoms with Crippen LogP contribution in [0.15, 0.2) is 12.3 Å². The van der Waals surface area contributed by atoms with E-state index >= 15 is 0 Å². The lowest BCUT2D eigenvalue weighted by Gasteiger charge is -2.39. The van der Waals surface area contributed by atoms with Crippen LogP contribution in [0.3, 0.4) is 0 Å². The first kappa shape index (κ1) is 17.0. The molecule has 3 rings (SSSR count). The van der Waals surface area contributed by atoms with Crippen LogP contribution in [0.5, 0.6) is 5.88 Å². The Morgan fingerprint density at radius 1 is 1.38 bits per heavy atom. The molecule has 2 aliphatic rings. The molecule has 2 fully saturated rings. The van der Waals surface area contributed by atoms with Crippen molar-refractivity contribution in [3.05, 3.63) is 12.3 Å². The molecule has 3 heterocycles. The molecule has 1 aromatic heterocycles. The van der Waals surface area contributed by atoms with Gasteiger partial charge < -0.3 is 19.3 Å². The second-order valence-electron chi connectivity index (χ2n) is 6.28. The maximum atomic E-state index is 12.8. The number of methoxy groups -OCH3 is 1. The van der Waals surface area contributed by atoms with E-state index in [2.05, 4.69) is 21.8 Å². The van der Waals surface area contributed by atoms with Crippen LogP contribution < -0.4 is 9.64 Å². The third-order valence-corrected chi connectivity index (χ3v) is 4.86. The number of amides is 1. The summed E-state index contributed by atoms with van der Waals surface area (Å²) in [6.07, 6.45) is 4.59. The number of carbonyl (C=O) groups is 1. The summed E-state index contributed by atoms with van der Waals surface area (Å²) in [4.78, 5) is 25.6. The van der Waals surface area contributed by atoms with Crippen molar-refractivity contribution in [2.75, 3.05) is 44.8 Å². The summed E-state index contributed by atoms with van der Waals surface area (Å²) < 4.78 is 10.9. The first-order valence-corrected chi connectivity index (χ1v) is 8.75. The number of rotatable bonds is 4. The Balaban J connectivity index is 1.59. The molecule has 0 spiro atoms. The van der Waals surface area contributed by atoms with E-state index < -0.39 is 0 Å². The van der Waals surface area contributed by atoms with Crippen LogP contribution in [0.4, 0.5) is 5.95 Å². The summed E-state index contributed by atoms with van der Waals surface area (Å²) in [5, 5.41) is 0. The van der Waals surface area contributed by atoms with Gasteiger partial charge in [0.2, 0.25) is 17.7 Å². The van der Waals surface area contributed by atoms with Crippen molar-refractivity contribution in [1.29, 1.82) is 0 Å². The zero-order valence-corrected chi connectivity index (χ0v) is 14.5. The van der Waals surface area contributed by atoms with Crippen LogP contribution in [0.25, 0.3) is 0 Å². The van der Waals surface area contributed by atoms with Crippen LogP contribution in [0.2, 0.25) is 0 Å². The van der Waals surface area contributed by atoms with Gasteiger partial charge in [-0.1, -0.05) is 6.92 Å². The number of aromatic nitrogens is 2. The predicted molar refractivity (Wildman–Crippen MR) is 90.1 cm³/mol. The number of anilines is 1. The van der Waals surface area contributed by atoms with Gasteiger partial charge in [-0.05, 0) is 19.3 Å². The van der Waals surface area contributed by atoms with Gasteiger partial charge in [-0.2, -0.15) is 4.98 Å². The zero-order chi connectivity index (χ0) is 16.9. The molecular formula is C17H26N4O3. The Morgan fingerprint density at radius 2 is 2.17 bits per heavy atom. The molecule has 0 aliphatic carbocycles. The van der Waals surface area contributed by atoms with E-state index in [4.69, 9.17) is 9.47 Å². The summed E-state index contributed by atoms with van der Waals surface area (Å²) in [6, 6.07) is 1.73. The SMILES string of the molecule is CC[C@H]1OCCC[C@@H]1C(=O)N1CCN(c2nccc(OC)n2)CC1. The molecule has 2 atom stereocenters. The van der Waals surface area contributed by atoms with Crippen molar-refractivity contribution >= 4 is 11.9 Å². The fourth-order valence-electron chi connectivity index (χ4n) is 3.48. The third kappa shape index (κ3) is 3.61. The van der Waals surface area contributed by atoms with Gasteiger partial charge in [0.05, 0.1) is 19.1 Å². The first-order chi connectivity index (χ1) is 11.7. The minimum Gasteiger partial charge on any atom is -0.481 e. The Hall–Kier alpha value is -1.89. The van der Waals surface area contributed by atoms with E-state index in [1.807, 2.05) is 4.90 Å². The molecule has 1 aromatic rings. The summed E-state index contributed by atoms with van der Waals surface area (Å²) in [5.74, 6) is 1.48. The quantitative estimate of drug-likeness (QED) is 0.828. The molecule has 7 heteroatoms. The van der Waals surface area contributed by atoms with Gasteiger partial charge in [0.25, 0.3) is 0 Å². The van der Waals surface area contributed by atoms with Crippen molar-refractivity contribution in [2.45, 2.75) is 32.3 Å². The minimum atomic E-state index is 0.0170. The first-order valence-electron chi connectivity index (χ1n) is 8.75. The molecule has 2 saturated heterocycles. The van der Waals surface area contributed by atoms with E-state index in [9.17, 15) is 4.79 Å². The van der Waals surface area contributed by atoms with E-state index in [-0.39, 0.29) is 17.9 Å². The number of carbonyl (C=O) groups excluding carboxylic acids is 1. The second-order valence-corrected chi connectivity index (χ2v) is 6.28. The maximum absolute atomic E-state index is 12.8. The monoisotopic (exact) mass is 334 g/mol. The molecule has 7 nitrogen and oxygen atoms in total. The van der Waals surface area contributed by atoms with Crippen LogP contribution in [0.1, 0.15) is 26.2 Å². The Kier molecular flexibility index (Phi) is 5.50. The normalized spacial score (nSPS) is 24.8. The van der Waals surface area contributed by atoms with Gasteiger partial charge in [-0.25, -0.2) is 4.98 Å². The molecular weight excluding hydrogens is 308 g/mol. The highest BCUT2D eigenvalue weighted by Crippen LogP contribution is 2.26. The lowest BCUT2D eigenvalue weighted by molar-refractivity contribution is -0.145. The van der Waals surface area contributed by atoms with Gasteiger partial charge in [-0.15, -0.1) is 0 Å². The third-order valence-electron chi connectivity index (χ3n) is 4.86. The van der Waals surface area contributed by atoms with Crippen LogP contribution >= 0.6 is 0 Å². The smallest absolute Gasteiger partial charge is 0.228 e. The number of hydrogen-bond acceptors (Lipinski definition) is 6. The molecule has 0 aromatic carbocycles. The summed E-state index contributed by atoms with van der Waals surface area (Å²) >= 11 is 0. The van der Waals surface area contributed by atoms with E-state index in [0.29, 0.717) is 24.9 Å². The van der Waals surface area contributed by atoms with E-state index in [0.717, 1.165) is 39.0 Å². The van der Waals surface area contributed by atoms with Crippen LogP contribution in [-0.4, -0.2) is 66.8 Å². The van der Waals surface area contributed by atoms with Gasteiger partial charge in [0, 0.05) is 45.0 Å². The molecule has 0 N–H and O–H groups in total. The Morgan fingerprint density at radius 3 is 2.88 bits per heavy atom. The van der Waals surface area contributed by atoms with E-state index in [1.165, 1.54) is 0 Å². The average molecular weight is 334 g/mol. The molecule has 0 bridgehead atoms. The summed E-state index contributed by atoms with van der Waals surface area (Å²) in [6.45, 7) is 5.75. The molecule has 24 heavy (non-hydrogen) atoms. The number of nitrogens with zero attached hydrogens (tertiary/aromatic N) is 4. The van der Waals surface area contributed by atoms with Gasteiger partial charge in [0.1, 0.15) is 0 Å². The second kappa shape index (κ2) is 7.79. The Bertz CT molecular complexity index is 561. The number of piperazine rings is 1. The molecule has 0 unspecified atom stereocenters. The molecule has 2 aliphatic heterocycles. The summed E-state index contributed by atoms with van der Waals surface area (Å²) in [5.41, 5.74) is 0. The van der Waals surface area contributed by atoms with Gasteiger partial charge in [0.15, 0.2) is 0 Å².